The highest BCUT2D eigenvalue weighted by Crippen LogP contribution is 2.13. The second-order valence-corrected chi connectivity index (χ2v) is 3.17. The summed E-state index contributed by atoms with van der Waals surface area (Å²) in [6.45, 7) is -0.533. The Morgan fingerprint density at radius 2 is 2.00 bits per heavy atom. The lowest BCUT2D eigenvalue weighted by molar-refractivity contribution is -0.143. The third kappa shape index (κ3) is 2.99. The molecule has 1 rings (SSSR count). The van der Waals surface area contributed by atoms with Crippen LogP contribution in [0.5, 0.6) is 0 Å². The fraction of sp³-hybridized carbons (Fsp3) is 0.300. The van der Waals surface area contributed by atoms with E-state index >= 15 is 0 Å². The molecule has 0 aliphatic carbocycles. The van der Waals surface area contributed by atoms with Gasteiger partial charge in [0, 0.05) is 0 Å². The first-order valence-electron chi connectivity index (χ1n) is 4.32. The normalized spacial score (nSPS) is 12.5. The largest absolute Gasteiger partial charge is 0.481 e. The highest BCUT2D eigenvalue weighted by molar-refractivity contribution is 5.70. The van der Waals surface area contributed by atoms with Gasteiger partial charge in [0.15, 0.2) is 11.6 Å². The average Bonchev–Trinajstić information content (AvgIpc) is 2.19. The topological polar surface area (TPSA) is 57.5 Å². The molecule has 0 aromatic heterocycles. The van der Waals surface area contributed by atoms with Gasteiger partial charge in [-0.3, -0.25) is 4.79 Å². The summed E-state index contributed by atoms with van der Waals surface area (Å²) in [7, 11) is 0. The third-order valence-corrected chi connectivity index (χ3v) is 2.04. The molecule has 1 atom stereocenters. The molecule has 5 heteroatoms. The van der Waals surface area contributed by atoms with Crippen LogP contribution >= 0.6 is 0 Å². The number of carbonyl (C=O) groups is 1. The van der Waals surface area contributed by atoms with Crippen molar-refractivity contribution < 1.29 is 23.8 Å². The van der Waals surface area contributed by atoms with Gasteiger partial charge >= 0.3 is 5.97 Å². The summed E-state index contributed by atoms with van der Waals surface area (Å²) in [5, 5.41) is 17.4. The Kier molecular flexibility index (Phi) is 3.74. The molecular weight excluding hydrogens is 206 g/mol. The van der Waals surface area contributed by atoms with E-state index in [1.54, 1.807) is 0 Å². The van der Waals surface area contributed by atoms with Crippen LogP contribution in [0.2, 0.25) is 0 Å². The lowest BCUT2D eigenvalue weighted by atomic mass is 10.0. The van der Waals surface area contributed by atoms with E-state index in [4.69, 9.17) is 10.2 Å². The molecule has 0 radical (unpaired) electrons. The second-order valence-electron chi connectivity index (χ2n) is 3.17. The summed E-state index contributed by atoms with van der Waals surface area (Å²) in [6.07, 6.45) is -0.0248. The molecule has 0 amide bonds. The molecule has 0 aliphatic rings. The predicted octanol–water partition coefficient (Wildman–Crippen LogP) is 1.20. The lowest BCUT2D eigenvalue weighted by Gasteiger charge is -2.08. The molecule has 0 bridgehead atoms. The van der Waals surface area contributed by atoms with Crippen LogP contribution in [0.25, 0.3) is 0 Å². The van der Waals surface area contributed by atoms with Crippen LogP contribution in [-0.4, -0.2) is 22.8 Å². The van der Waals surface area contributed by atoms with Gasteiger partial charge < -0.3 is 10.2 Å². The van der Waals surface area contributed by atoms with Crippen molar-refractivity contribution >= 4 is 5.97 Å². The van der Waals surface area contributed by atoms with Crippen LogP contribution in [-0.2, 0) is 11.2 Å². The summed E-state index contributed by atoms with van der Waals surface area (Å²) >= 11 is 0. The van der Waals surface area contributed by atoms with E-state index in [2.05, 4.69) is 0 Å². The maximum atomic E-state index is 12.7. The van der Waals surface area contributed by atoms with Crippen LogP contribution < -0.4 is 0 Å². The number of aliphatic hydroxyl groups excluding tert-OH is 1. The van der Waals surface area contributed by atoms with E-state index in [1.807, 2.05) is 0 Å². The number of benzene rings is 1. The van der Waals surface area contributed by atoms with Crippen LogP contribution in [0, 0.1) is 17.6 Å². The standard InChI is InChI=1S/C10H10F2O3/c11-8-2-1-6(4-9(8)12)3-7(5-13)10(14)15/h1-2,4,7,13H,3,5H2,(H,14,15). The van der Waals surface area contributed by atoms with Gasteiger partial charge in [0.1, 0.15) is 0 Å². The minimum Gasteiger partial charge on any atom is -0.481 e. The van der Waals surface area contributed by atoms with Gasteiger partial charge in [-0.1, -0.05) is 6.07 Å². The molecule has 1 unspecified atom stereocenters. The average molecular weight is 216 g/mol. The van der Waals surface area contributed by atoms with Crippen molar-refractivity contribution in [3.05, 3.63) is 35.4 Å². The van der Waals surface area contributed by atoms with Crippen LogP contribution in [0.4, 0.5) is 8.78 Å². The zero-order chi connectivity index (χ0) is 11.4. The Bertz CT molecular complexity index is 366. The number of rotatable bonds is 4. The van der Waals surface area contributed by atoms with E-state index in [0.29, 0.717) is 5.56 Å². The fourth-order valence-corrected chi connectivity index (χ4v) is 1.18. The van der Waals surface area contributed by atoms with E-state index < -0.39 is 30.1 Å². The first-order chi connectivity index (χ1) is 7.04. The first-order valence-corrected chi connectivity index (χ1v) is 4.32. The second kappa shape index (κ2) is 4.84. The smallest absolute Gasteiger partial charge is 0.309 e. The van der Waals surface area contributed by atoms with E-state index in [0.717, 1.165) is 12.1 Å². The molecule has 0 fully saturated rings. The van der Waals surface area contributed by atoms with Gasteiger partial charge in [-0.05, 0) is 24.1 Å². The highest BCUT2D eigenvalue weighted by Gasteiger charge is 2.17. The van der Waals surface area contributed by atoms with Gasteiger partial charge in [-0.15, -0.1) is 0 Å². The Labute approximate surface area is 85.0 Å². The summed E-state index contributed by atoms with van der Waals surface area (Å²) < 4.78 is 25.3. The van der Waals surface area contributed by atoms with E-state index in [9.17, 15) is 13.6 Å². The Balaban J connectivity index is 2.80. The molecule has 1 aromatic carbocycles. The summed E-state index contributed by atoms with van der Waals surface area (Å²) in [6, 6.07) is 3.16. The maximum absolute atomic E-state index is 12.7. The molecule has 82 valence electrons. The third-order valence-electron chi connectivity index (χ3n) is 2.04. The van der Waals surface area contributed by atoms with Gasteiger partial charge in [0.05, 0.1) is 12.5 Å². The van der Waals surface area contributed by atoms with Crippen molar-refractivity contribution in [1.82, 2.24) is 0 Å². The number of hydrogen-bond donors (Lipinski definition) is 2. The number of aliphatic hydroxyl groups is 1. The number of carboxylic acids is 1. The van der Waals surface area contributed by atoms with Crippen molar-refractivity contribution in [2.24, 2.45) is 5.92 Å². The number of halogens is 2. The van der Waals surface area contributed by atoms with Crippen molar-refractivity contribution in [2.75, 3.05) is 6.61 Å². The number of aliphatic carboxylic acids is 1. The zero-order valence-electron chi connectivity index (χ0n) is 7.78. The molecule has 0 saturated heterocycles. The van der Waals surface area contributed by atoms with Gasteiger partial charge in [0.2, 0.25) is 0 Å². The Hall–Kier alpha value is -1.49. The summed E-state index contributed by atoms with van der Waals surface area (Å²) in [4.78, 5) is 10.6. The van der Waals surface area contributed by atoms with Crippen LogP contribution in [0.15, 0.2) is 18.2 Å². The zero-order valence-corrected chi connectivity index (χ0v) is 7.78. The van der Waals surface area contributed by atoms with Crippen LogP contribution in [0.3, 0.4) is 0 Å². The maximum Gasteiger partial charge on any atom is 0.309 e. The van der Waals surface area contributed by atoms with Crippen LogP contribution in [0.1, 0.15) is 5.56 Å². The first kappa shape index (κ1) is 11.6. The van der Waals surface area contributed by atoms with Gasteiger partial charge in [-0.25, -0.2) is 8.78 Å². The molecular formula is C10H10F2O3. The molecule has 0 aliphatic heterocycles. The number of hydrogen-bond acceptors (Lipinski definition) is 2. The Morgan fingerprint density at radius 1 is 1.33 bits per heavy atom. The summed E-state index contributed by atoms with van der Waals surface area (Å²) in [5.74, 6) is -4.15. The monoisotopic (exact) mass is 216 g/mol. The Morgan fingerprint density at radius 3 is 2.47 bits per heavy atom. The highest BCUT2D eigenvalue weighted by atomic mass is 19.2. The van der Waals surface area contributed by atoms with Crippen molar-refractivity contribution in [2.45, 2.75) is 6.42 Å². The molecule has 2 N–H and O–H groups in total. The quantitative estimate of drug-likeness (QED) is 0.795. The summed E-state index contributed by atoms with van der Waals surface area (Å²) in [5.41, 5.74) is 0.343. The van der Waals surface area contributed by atoms with Crippen molar-refractivity contribution in [3.63, 3.8) is 0 Å². The molecule has 0 saturated carbocycles. The minimum atomic E-state index is -1.16. The molecule has 1 aromatic rings. The number of carboxylic acid groups (broad SMARTS) is 1. The van der Waals surface area contributed by atoms with Gasteiger partial charge in [-0.2, -0.15) is 0 Å². The van der Waals surface area contributed by atoms with E-state index in [-0.39, 0.29) is 6.42 Å². The van der Waals surface area contributed by atoms with Crippen molar-refractivity contribution in [1.29, 1.82) is 0 Å². The molecule has 0 heterocycles. The van der Waals surface area contributed by atoms with Gasteiger partial charge in [0.25, 0.3) is 0 Å². The SMILES string of the molecule is O=C(O)C(CO)Cc1ccc(F)c(F)c1. The molecule has 15 heavy (non-hydrogen) atoms. The lowest BCUT2D eigenvalue weighted by Crippen LogP contribution is -2.20. The van der Waals surface area contributed by atoms with E-state index in [1.165, 1.54) is 6.07 Å². The molecule has 0 spiro atoms. The predicted molar refractivity (Wildman–Crippen MR) is 48.3 cm³/mol. The minimum absolute atomic E-state index is 0.0248. The van der Waals surface area contributed by atoms with Crippen molar-refractivity contribution in [3.8, 4) is 0 Å². The molecule has 3 nitrogen and oxygen atoms in total. The fourth-order valence-electron chi connectivity index (χ4n) is 1.18.